The molecule has 0 fully saturated rings. The van der Waals surface area contributed by atoms with E-state index in [0.29, 0.717) is 0 Å². The summed E-state index contributed by atoms with van der Waals surface area (Å²) in [4.78, 5) is 1.39. The first-order chi connectivity index (χ1) is 5.74. The zero-order valence-electron chi connectivity index (χ0n) is 7.71. The first-order valence-corrected chi connectivity index (χ1v) is 5.33. The average Bonchev–Trinajstić information content (AvgIpc) is 2.47. The third-order valence-corrected chi connectivity index (χ3v) is 3.07. The van der Waals surface area contributed by atoms with Crippen LogP contribution in [0.25, 0.3) is 0 Å². The Labute approximate surface area is 78.1 Å². The number of hydrogen-bond acceptors (Lipinski definition) is 2. The summed E-state index contributed by atoms with van der Waals surface area (Å²) < 4.78 is 0. The number of rotatable bonds is 4. The van der Waals surface area contributed by atoms with Crippen molar-refractivity contribution in [1.29, 1.82) is 0 Å². The summed E-state index contributed by atoms with van der Waals surface area (Å²) in [5.41, 5.74) is 1.40. The van der Waals surface area contributed by atoms with Crippen LogP contribution >= 0.6 is 11.3 Å². The maximum Gasteiger partial charge on any atom is 0.0540 e. The number of aryl methyl sites for hydroxylation is 2. The maximum absolute atomic E-state index is 9.35. The first-order valence-electron chi connectivity index (χ1n) is 4.45. The van der Waals surface area contributed by atoms with Crippen LogP contribution in [0.4, 0.5) is 0 Å². The fourth-order valence-electron chi connectivity index (χ4n) is 1.20. The zero-order valence-corrected chi connectivity index (χ0v) is 8.53. The van der Waals surface area contributed by atoms with Gasteiger partial charge in [-0.05, 0) is 43.2 Å². The predicted molar refractivity (Wildman–Crippen MR) is 53.7 cm³/mol. The highest BCUT2D eigenvalue weighted by Crippen LogP contribution is 2.17. The van der Waals surface area contributed by atoms with Gasteiger partial charge in [-0.2, -0.15) is 0 Å². The lowest BCUT2D eigenvalue weighted by Crippen LogP contribution is -2.05. The molecule has 1 rings (SSSR count). The van der Waals surface area contributed by atoms with Crippen molar-refractivity contribution in [2.24, 2.45) is 0 Å². The molecule has 0 aliphatic heterocycles. The van der Waals surface area contributed by atoms with E-state index in [1.807, 2.05) is 6.92 Å². The van der Waals surface area contributed by atoms with Crippen LogP contribution in [0, 0.1) is 6.92 Å². The van der Waals surface area contributed by atoms with E-state index in [2.05, 4.69) is 18.4 Å². The fraction of sp³-hybridized carbons (Fsp3) is 0.600. The summed E-state index contributed by atoms with van der Waals surface area (Å²) in [6.07, 6.45) is 2.66. The summed E-state index contributed by atoms with van der Waals surface area (Å²) in [7, 11) is 0. The van der Waals surface area contributed by atoms with Gasteiger partial charge in [-0.3, -0.25) is 0 Å². The molecule has 0 aromatic carbocycles. The lowest BCUT2D eigenvalue weighted by molar-refractivity contribution is 0.160. The number of thiophene rings is 1. The lowest BCUT2D eigenvalue weighted by Gasteiger charge is -2.06. The van der Waals surface area contributed by atoms with E-state index in [-0.39, 0.29) is 6.10 Å². The van der Waals surface area contributed by atoms with Crippen LogP contribution in [-0.4, -0.2) is 11.2 Å². The van der Waals surface area contributed by atoms with Gasteiger partial charge in [0.1, 0.15) is 0 Å². The van der Waals surface area contributed by atoms with Crippen LogP contribution in [0.2, 0.25) is 0 Å². The highest BCUT2D eigenvalue weighted by Gasteiger charge is 2.03. The first kappa shape index (κ1) is 9.75. The molecule has 0 amide bonds. The molecule has 1 aromatic rings. The molecule has 1 N–H and O–H groups in total. The van der Waals surface area contributed by atoms with E-state index >= 15 is 0 Å². The van der Waals surface area contributed by atoms with Crippen LogP contribution in [0.3, 0.4) is 0 Å². The molecule has 0 radical (unpaired) electrons. The maximum atomic E-state index is 9.35. The van der Waals surface area contributed by atoms with Crippen LogP contribution < -0.4 is 0 Å². The summed E-state index contributed by atoms with van der Waals surface area (Å²) in [5, 5.41) is 11.5. The van der Waals surface area contributed by atoms with Crippen molar-refractivity contribution in [2.45, 2.75) is 39.2 Å². The zero-order chi connectivity index (χ0) is 8.97. The minimum Gasteiger partial charge on any atom is -0.393 e. The Morgan fingerprint density at radius 2 is 2.33 bits per heavy atom. The van der Waals surface area contributed by atoms with Crippen LogP contribution in [0.15, 0.2) is 11.4 Å². The molecule has 2 heteroatoms. The molecule has 12 heavy (non-hydrogen) atoms. The van der Waals surface area contributed by atoms with Gasteiger partial charge in [-0.1, -0.05) is 6.92 Å². The van der Waals surface area contributed by atoms with Crippen molar-refractivity contribution in [3.63, 3.8) is 0 Å². The highest BCUT2D eigenvalue weighted by molar-refractivity contribution is 7.10. The minimum absolute atomic E-state index is 0.121. The van der Waals surface area contributed by atoms with E-state index in [4.69, 9.17) is 0 Å². The molecule has 0 saturated carbocycles. The van der Waals surface area contributed by atoms with E-state index in [1.165, 1.54) is 10.4 Å². The summed E-state index contributed by atoms with van der Waals surface area (Å²) >= 11 is 1.78. The number of aliphatic hydroxyl groups is 1. The van der Waals surface area contributed by atoms with Gasteiger partial charge < -0.3 is 5.11 Å². The SMILES string of the molecule is CCC(O)CCc1ccsc1C. The van der Waals surface area contributed by atoms with Gasteiger partial charge in [0.2, 0.25) is 0 Å². The molecular weight excluding hydrogens is 168 g/mol. The molecule has 0 saturated heterocycles. The van der Waals surface area contributed by atoms with Crippen molar-refractivity contribution >= 4 is 11.3 Å². The minimum atomic E-state index is -0.121. The Balaban J connectivity index is 2.38. The Hall–Kier alpha value is -0.340. The summed E-state index contributed by atoms with van der Waals surface area (Å²) in [5.74, 6) is 0. The van der Waals surface area contributed by atoms with Crippen LogP contribution in [-0.2, 0) is 6.42 Å². The van der Waals surface area contributed by atoms with Gasteiger partial charge in [-0.15, -0.1) is 11.3 Å². The molecule has 1 unspecified atom stereocenters. The Morgan fingerprint density at radius 3 is 2.83 bits per heavy atom. The number of hydrogen-bond donors (Lipinski definition) is 1. The van der Waals surface area contributed by atoms with E-state index in [0.717, 1.165) is 19.3 Å². The normalized spacial score (nSPS) is 13.2. The van der Waals surface area contributed by atoms with E-state index in [9.17, 15) is 5.11 Å². The van der Waals surface area contributed by atoms with Crippen molar-refractivity contribution in [1.82, 2.24) is 0 Å². The molecule has 0 spiro atoms. The van der Waals surface area contributed by atoms with Gasteiger partial charge in [0.15, 0.2) is 0 Å². The van der Waals surface area contributed by atoms with Crippen molar-refractivity contribution in [2.75, 3.05) is 0 Å². The molecule has 1 atom stereocenters. The summed E-state index contributed by atoms with van der Waals surface area (Å²) in [6.45, 7) is 4.16. The van der Waals surface area contributed by atoms with Crippen molar-refractivity contribution in [3.8, 4) is 0 Å². The largest absolute Gasteiger partial charge is 0.393 e. The lowest BCUT2D eigenvalue weighted by atomic mass is 10.1. The van der Waals surface area contributed by atoms with E-state index < -0.39 is 0 Å². The topological polar surface area (TPSA) is 20.2 Å². The molecule has 1 nitrogen and oxygen atoms in total. The van der Waals surface area contributed by atoms with E-state index in [1.54, 1.807) is 11.3 Å². The third-order valence-electron chi connectivity index (χ3n) is 2.18. The van der Waals surface area contributed by atoms with Crippen molar-refractivity contribution < 1.29 is 5.11 Å². The van der Waals surface area contributed by atoms with Gasteiger partial charge in [-0.25, -0.2) is 0 Å². The molecule has 0 aliphatic rings. The van der Waals surface area contributed by atoms with Crippen LogP contribution in [0.5, 0.6) is 0 Å². The summed E-state index contributed by atoms with van der Waals surface area (Å²) in [6, 6.07) is 2.16. The predicted octanol–water partition coefficient (Wildman–Crippen LogP) is 2.76. The van der Waals surface area contributed by atoms with Gasteiger partial charge in [0.05, 0.1) is 6.10 Å². The monoisotopic (exact) mass is 184 g/mol. The smallest absolute Gasteiger partial charge is 0.0540 e. The molecule has 1 aromatic heterocycles. The van der Waals surface area contributed by atoms with Gasteiger partial charge in [0, 0.05) is 4.88 Å². The molecule has 1 heterocycles. The highest BCUT2D eigenvalue weighted by atomic mass is 32.1. The Morgan fingerprint density at radius 1 is 1.58 bits per heavy atom. The van der Waals surface area contributed by atoms with Crippen molar-refractivity contribution in [3.05, 3.63) is 21.9 Å². The van der Waals surface area contributed by atoms with Gasteiger partial charge >= 0.3 is 0 Å². The number of aliphatic hydroxyl groups excluding tert-OH is 1. The third kappa shape index (κ3) is 2.61. The standard InChI is InChI=1S/C10H16OS/c1-3-10(11)5-4-9-6-7-12-8(9)2/h6-7,10-11H,3-5H2,1-2H3. The quantitative estimate of drug-likeness (QED) is 0.763. The second-order valence-electron chi connectivity index (χ2n) is 3.10. The second-order valence-corrected chi connectivity index (χ2v) is 4.22. The molecule has 0 bridgehead atoms. The average molecular weight is 184 g/mol. The second kappa shape index (κ2) is 4.63. The fourth-order valence-corrected chi connectivity index (χ4v) is 1.95. The Bertz CT molecular complexity index is 229. The van der Waals surface area contributed by atoms with Gasteiger partial charge in [0.25, 0.3) is 0 Å². The molecule has 0 aliphatic carbocycles. The molecular formula is C10H16OS. The Kier molecular flexibility index (Phi) is 3.76. The molecule has 68 valence electrons. The van der Waals surface area contributed by atoms with Crippen LogP contribution in [0.1, 0.15) is 30.2 Å².